The van der Waals surface area contributed by atoms with E-state index in [0.717, 1.165) is 24.1 Å². The molecule has 1 saturated carbocycles. The average molecular weight is 401 g/mol. The monoisotopic (exact) mass is 401 g/mol. The van der Waals surface area contributed by atoms with Gasteiger partial charge in [-0.05, 0) is 42.7 Å². The van der Waals surface area contributed by atoms with Crippen LogP contribution in [-0.2, 0) is 18.0 Å². The molecule has 1 aliphatic carbocycles. The fraction of sp³-hybridized carbons (Fsp3) is 0.250. The maximum Gasteiger partial charge on any atom is 0.387 e. The zero-order chi connectivity index (χ0) is 19.8. The van der Waals surface area contributed by atoms with Crippen molar-refractivity contribution in [3.63, 3.8) is 0 Å². The molecule has 1 fully saturated rings. The summed E-state index contributed by atoms with van der Waals surface area (Å²) >= 11 is 0. The van der Waals surface area contributed by atoms with Crippen LogP contribution in [0.25, 0.3) is 22.2 Å². The molecule has 0 saturated heterocycles. The van der Waals surface area contributed by atoms with Gasteiger partial charge in [0, 0.05) is 24.2 Å². The summed E-state index contributed by atoms with van der Waals surface area (Å²) in [6.45, 7) is -2.91. The molecule has 0 spiro atoms. The first-order chi connectivity index (χ1) is 13.5. The minimum absolute atomic E-state index is 0.0428. The summed E-state index contributed by atoms with van der Waals surface area (Å²) in [6.07, 6.45) is 1.97. The van der Waals surface area contributed by atoms with E-state index in [0.29, 0.717) is 22.2 Å². The summed E-state index contributed by atoms with van der Waals surface area (Å²) in [5, 5.41) is 10.6. The van der Waals surface area contributed by atoms with Gasteiger partial charge in [-0.25, -0.2) is 4.21 Å². The highest BCUT2D eigenvalue weighted by atomic mass is 32.2. The van der Waals surface area contributed by atoms with Crippen molar-refractivity contribution in [1.82, 2.24) is 4.57 Å². The summed E-state index contributed by atoms with van der Waals surface area (Å²) in [6, 6.07) is 14.1. The maximum atomic E-state index is 12.5. The van der Waals surface area contributed by atoms with Crippen LogP contribution in [-0.4, -0.2) is 20.6 Å². The first kappa shape index (κ1) is 18.4. The first-order valence-electron chi connectivity index (χ1n) is 8.73. The Morgan fingerprint density at radius 1 is 1.25 bits per heavy atom. The molecule has 0 aliphatic heterocycles. The van der Waals surface area contributed by atoms with E-state index in [1.807, 2.05) is 24.3 Å². The summed E-state index contributed by atoms with van der Waals surface area (Å²) in [5.74, 6) is 0.0428. The van der Waals surface area contributed by atoms with Crippen LogP contribution in [0.5, 0.6) is 5.75 Å². The lowest BCUT2D eigenvalue weighted by molar-refractivity contribution is -0.0497. The summed E-state index contributed by atoms with van der Waals surface area (Å²) < 4.78 is 46.3. The Bertz CT molecular complexity index is 1100. The second kappa shape index (κ2) is 7.24. The molecule has 8 heteroatoms. The van der Waals surface area contributed by atoms with E-state index in [-0.39, 0.29) is 11.0 Å². The summed E-state index contributed by atoms with van der Waals surface area (Å²) in [4.78, 5) is 0. The van der Waals surface area contributed by atoms with Gasteiger partial charge in [0.1, 0.15) is 22.8 Å². The van der Waals surface area contributed by atoms with Crippen LogP contribution in [0.15, 0.2) is 42.5 Å². The topological polar surface area (TPSA) is 67.0 Å². The molecule has 1 aliphatic rings. The lowest BCUT2D eigenvalue weighted by atomic mass is 10.1. The van der Waals surface area contributed by atoms with Gasteiger partial charge in [-0.3, -0.25) is 0 Å². The smallest absolute Gasteiger partial charge is 0.387 e. The molecular formula is C20H17F2N3O2S. The van der Waals surface area contributed by atoms with Crippen LogP contribution in [0.2, 0.25) is 0 Å². The third-order valence-electron chi connectivity index (χ3n) is 4.71. The van der Waals surface area contributed by atoms with Crippen molar-refractivity contribution in [2.75, 3.05) is 4.72 Å². The number of nitrogens with zero attached hydrogens (tertiary/aromatic N) is 2. The van der Waals surface area contributed by atoms with Crippen molar-refractivity contribution in [3.8, 4) is 23.1 Å². The van der Waals surface area contributed by atoms with Gasteiger partial charge in [-0.2, -0.15) is 14.0 Å². The number of ether oxygens (including phenoxy) is 1. The summed E-state index contributed by atoms with van der Waals surface area (Å²) in [5.41, 5.74) is 3.32. The van der Waals surface area contributed by atoms with E-state index in [4.69, 9.17) is 0 Å². The van der Waals surface area contributed by atoms with Gasteiger partial charge in [0.25, 0.3) is 0 Å². The molecule has 0 amide bonds. The number of benzene rings is 2. The molecule has 3 aromatic rings. The Morgan fingerprint density at radius 2 is 1.96 bits per heavy atom. The van der Waals surface area contributed by atoms with Crippen molar-refractivity contribution < 1.29 is 17.7 Å². The Morgan fingerprint density at radius 3 is 2.57 bits per heavy atom. The van der Waals surface area contributed by atoms with Crippen LogP contribution >= 0.6 is 0 Å². The highest BCUT2D eigenvalue weighted by Gasteiger charge is 2.28. The molecule has 1 heterocycles. The zero-order valence-corrected chi connectivity index (χ0v) is 15.8. The number of hydrogen-bond donors (Lipinski definition) is 1. The summed E-state index contributed by atoms with van der Waals surface area (Å²) in [7, 11) is 0.701. The van der Waals surface area contributed by atoms with Crippen molar-refractivity contribution >= 4 is 27.6 Å². The number of aromatic nitrogens is 1. The van der Waals surface area contributed by atoms with Crippen molar-refractivity contribution in [3.05, 3.63) is 48.0 Å². The number of alkyl halides is 2. The molecule has 1 N–H and O–H groups in total. The Balaban J connectivity index is 1.72. The number of anilines is 1. The molecule has 5 nitrogen and oxygen atoms in total. The van der Waals surface area contributed by atoms with E-state index in [2.05, 4.69) is 15.5 Å². The fourth-order valence-corrected chi connectivity index (χ4v) is 4.32. The van der Waals surface area contributed by atoms with Crippen molar-refractivity contribution in [1.29, 1.82) is 5.26 Å². The minimum atomic E-state index is -2.91. The van der Waals surface area contributed by atoms with E-state index in [9.17, 15) is 18.3 Å². The van der Waals surface area contributed by atoms with Crippen LogP contribution < -0.4 is 9.46 Å². The van der Waals surface area contributed by atoms with Gasteiger partial charge < -0.3 is 14.0 Å². The van der Waals surface area contributed by atoms with Crippen LogP contribution in [0, 0.1) is 11.3 Å². The molecule has 1 aromatic heterocycles. The van der Waals surface area contributed by atoms with Gasteiger partial charge in [0.15, 0.2) is 0 Å². The number of rotatable bonds is 6. The first-order valence-corrected chi connectivity index (χ1v) is 9.94. The van der Waals surface area contributed by atoms with Crippen LogP contribution in [0.4, 0.5) is 14.5 Å². The van der Waals surface area contributed by atoms with Crippen LogP contribution in [0.3, 0.4) is 0 Å². The Hall–Kier alpha value is -2.92. The van der Waals surface area contributed by atoms with Gasteiger partial charge in [-0.15, -0.1) is 0 Å². The number of fused-ring (bicyclic) bond motifs is 1. The zero-order valence-electron chi connectivity index (χ0n) is 15.0. The van der Waals surface area contributed by atoms with Crippen molar-refractivity contribution in [2.45, 2.75) is 24.7 Å². The largest absolute Gasteiger partial charge is 0.435 e. The average Bonchev–Trinajstić information content (AvgIpc) is 3.48. The lowest BCUT2D eigenvalue weighted by Crippen LogP contribution is -2.08. The maximum absolute atomic E-state index is 12.5. The van der Waals surface area contributed by atoms with Gasteiger partial charge in [-0.1, -0.05) is 12.1 Å². The van der Waals surface area contributed by atoms with E-state index < -0.39 is 17.6 Å². The predicted octanol–water partition coefficient (Wildman–Crippen LogP) is 4.56. The molecular weight excluding hydrogens is 384 g/mol. The second-order valence-corrected chi connectivity index (χ2v) is 8.09. The van der Waals surface area contributed by atoms with E-state index >= 15 is 0 Å². The molecule has 1 atom stereocenters. The number of nitrogens with one attached hydrogen (secondary N) is 1. The number of aryl methyl sites for hydroxylation is 1. The van der Waals surface area contributed by atoms with Crippen LogP contribution in [0.1, 0.15) is 18.4 Å². The lowest BCUT2D eigenvalue weighted by Gasteiger charge is -2.09. The molecule has 28 heavy (non-hydrogen) atoms. The normalized spacial score (nSPS) is 14.8. The molecule has 144 valence electrons. The molecule has 2 aromatic carbocycles. The minimum Gasteiger partial charge on any atom is -0.435 e. The fourth-order valence-electron chi connectivity index (χ4n) is 3.22. The van der Waals surface area contributed by atoms with E-state index in [1.165, 1.54) is 12.1 Å². The third kappa shape index (κ3) is 3.45. The molecule has 1 unspecified atom stereocenters. The number of hydrogen-bond acceptors (Lipinski definition) is 3. The quantitative estimate of drug-likeness (QED) is 0.659. The van der Waals surface area contributed by atoms with Gasteiger partial charge in [0.05, 0.1) is 22.0 Å². The molecule has 4 rings (SSSR count). The Labute approximate surface area is 163 Å². The second-order valence-electron chi connectivity index (χ2n) is 6.63. The van der Waals surface area contributed by atoms with Gasteiger partial charge >= 0.3 is 6.61 Å². The SMILES string of the molecule is Cn1c(-c2ccc(NS(=O)C3CC3)cc2)c(C#N)c2ccc(OC(F)F)cc21. The van der Waals surface area contributed by atoms with Crippen molar-refractivity contribution in [2.24, 2.45) is 7.05 Å². The standard InChI is InChI=1S/C20H17F2N3O2S/c1-25-18-10-14(27-20(21)22)6-9-16(18)17(11-23)19(25)12-2-4-13(5-3-12)24-28(26)15-7-8-15/h2-6,9-10,15,20,24H,7-8H2,1H3. The Kier molecular flexibility index (Phi) is 4.77. The van der Waals surface area contributed by atoms with Gasteiger partial charge in [0.2, 0.25) is 0 Å². The number of nitriles is 1. The van der Waals surface area contributed by atoms with E-state index in [1.54, 1.807) is 17.7 Å². The molecule has 0 bridgehead atoms. The predicted molar refractivity (Wildman–Crippen MR) is 104 cm³/mol. The highest BCUT2D eigenvalue weighted by Crippen LogP contribution is 2.35. The third-order valence-corrected chi connectivity index (χ3v) is 6.23. The highest BCUT2D eigenvalue weighted by molar-refractivity contribution is 7.87. The molecule has 0 radical (unpaired) electrons. The number of halogens is 2.